The van der Waals surface area contributed by atoms with Gasteiger partial charge in [-0.2, -0.15) is 0 Å². The van der Waals surface area contributed by atoms with E-state index in [0.29, 0.717) is 6.23 Å². The lowest BCUT2D eigenvalue weighted by atomic mass is 10.1. The van der Waals surface area contributed by atoms with E-state index in [2.05, 4.69) is 65.6 Å². The summed E-state index contributed by atoms with van der Waals surface area (Å²) in [6, 6.07) is 22.6. The highest BCUT2D eigenvalue weighted by Crippen LogP contribution is 2.16. The number of hydrogen-bond acceptors (Lipinski definition) is 2. The molecular weight excluding hydrogens is 310 g/mol. The summed E-state index contributed by atoms with van der Waals surface area (Å²) in [7, 11) is -2.08. The van der Waals surface area contributed by atoms with Gasteiger partial charge in [-0.05, 0) is 44.9 Å². The van der Waals surface area contributed by atoms with E-state index in [-0.39, 0.29) is 0 Å². The molecule has 0 aliphatic carbocycles. The number of piperidine rings is 1. The second-order valence-corrected chi connectivity index (χ2v) is 11.1. The highest BCUT2D eigenvalue weighted by atomic mass is 28.3. The van der Waals surface area contributed by atoms with Gasteiger partial charge in [-0.1, -0.05) is 77.5 Å². The molecule has 0 amide bonds. The van der Waals surface area contributed by atoms with Crippen molar-refractivity contribution in [3.8, 4) is 0 Å². The van der Waals surface area contributed by atoms with Crippen molar-refractivity contribution in [1.82, 2.24) is 4.90 Å². The second kappa shape index (κ2) is 8.61. The van der Waals surface area contributed by atoms with E-state index in [0.717, 1.165) is 6.04 Å². The van der Waals surface area contributed by atoms with Gasteiger partial charge >= 0.3 is 0 Å². The summed E-state index contributed by atoms with van der Waals surface area (Å²) in [6.07, 6.45) is 5.55. The van der Waals surface area contributed by atoms with Gasteiger partial charge in [0, 0.05) is 6.23 Å². The number of aliphatic hydroxyl groups excluding tert-OH is 1. The zero-order chi connectivity index (χ0) is 16.7. The first-order valence-electron chi connectivity index (χ1n) is 9.29. The summed E-state index contributed by atoms with van der Waals surface area (Å²) in [6.45, 7) is 3.68. The molecule has 2 aromatic carbocycles. The van der Waals surface area contributed by atoms with Gasteiger partial charge in [-0.25, -0.2) is 0 Å². The SMILES string of the molecule is OC[Si](CCCN1CCCCC1)(c1ccccc1)c1ccccc1. The summed E-state index contributed by atoms with van der Waals surface area (Å²) in [5, 5.41) is 13.2. The Kier molecular flexibility index (Phi) is 6.24. The van der Waals surface area contributed by atoms with Crippen LogP contribution in [0.4, 0.5) is 0 Å². The van der Waals surface area contributed by atoms with Gasteiger partial charge in [0.1, 0.15) is 8.07 Å². The number of likely N-dealkylation sites (tertiary alicyclic amines) is 1. The van der Waals surface area contributed by atoms with Gasteiger partial charge < -0.3 is 10.0 Å². The highest BCUT2D eigenvalue weighted by Gasteiger charge is 2.36. The van der Waals surface area contributed by atoms with Crippen LogP contribution in [-0.4, -0.2) is 43.9 Å². The molecule has 1 N–H and O–H groups in total. The number of hydrogen-bond donors (Lipinski definition) is 1. The van der Waals surface area contributed by atoms with Crippen LogP contribution in [0.15, 0.2) is 60.7 Å². The molecule has 1 aliphatic heterocycles. The predicted molar refractivity (Wildman–Crippen MR) is 105 cm³/mol. The molecule has 0 bridgehead atoms. The zero-order valence-electron chi connectivity index (χ0n) is 14.5. The maximum absolute atomic E-state index is 10.5. The Morgan fingerprint density at radius 1 is 0.792 bits per heavy atom. The Morgan fingerprint density at radius 3 is 1.83 bits per heavy atom. The van der Waals surface area contributed by atoms with E-state index in [9.17, 15) is 5.11 Å². The molecule has 0 unspecified atom stereocenters. The summed E-state index contributed by atoms with van der Waals surface area (Å²) in [5.41, 5.74) is 0. The Balaban J connectivity index is 1.79. The second-order valence-electron chi connectivity index (χ2n) is 6.98. The van der Waals surface area contributed by atoms with Crippen LogP contribution in [0, 0.1) is 0 Å². The van der Waals surface area contributed by atoms with E-state index >= 15 is 0 Å². The van der Waals surface area contributed by atoms with Crippen LogP contribution in [-0.2, 0) is 0 Å². The average molecular weight is 340 g/mol. The Hall–Kier alpha value is -1.42. The molecule has 1 fully saturated rings. The smallest absolute Gasteiger partial charge is 0.144 e. The molecule has 1 heterocycles. The molecule has 0 radical (unpaired) electrons. The first-order chi connectivity index (χ1) is 11.8. The fraction of sp³-hybridized carbons (Fsp3) is 0.429. The van der Waals surface area contributed by atoms with E-state index in [1.165, 1.54) is 55.7 Å². The minimum absolute atomic E-state index is 0.293. The third kappa shape index (κ3) is 3.97. The molecule has 2 aromatic rings. The fourth-order valence-corrected chi connectivity index (χ4v) is 7.88. The van der Waals surface area contributed by atoms with Crippen LogP contribution in [0.2, 0.25) is 6.04 Å². The zero-order valence-corrected chi connectivity index (χ0v) is 15.5. The quantitative estimate of drug-likeness (QED) is 0.784. The maximum Gasteiger partial charge on any atom is 0.144 e. The van der Waals surface area contributed by atoms with Gasteiger partial charge in [-0.15, -0.1) is 0 Å². The molecule has 1 aliphatic rings. The molecule has 2 nitrogen and oxygen atoms in total. The van der Waals surface area contributed by atoms with Crippen LogP contribution in [0.25, 0.3) is 0 Å². The predicted octanol–water partition coefficient (Wildman–Crippen LogP) is 2.66. The van der Waals surface area contributed by atoms with Crippen molar-refractivity contribution in [3.63, 3.8) is 0 Å². The first-order valence-corrected chi connectivity index (χ1v) is 11.7. The number of rotatable bonds is 7. The lowest BCUT2D eigenvalue weighted by Crippen LogP contribution is -2.61. The maximum atomic E-state index is 10.5. The lowest BCUT2D eigenvalue weighted by Gasteiger charge is -2.33. The van der Waals surface area contributed by atoms with Crippen molar-refractivity contribution < 1.29 is 5.11 Å². The largest absolute Gasteiger partial charge is 0.399 e. The molecule has 0 aromatic heterocycles. The summed E-state index contributed by atoms with van der Waals surface area (Å²) >= 11 is 0. The van der Waals surface area contributed by atoms with E-state index in [1.807, 2.05) is 0 Å². The number of benzene rings is 2. The van der Waals surface area contributed by atoms with E-state index in [4.69, 9.17) is 0 Å². The normalized spacial score (nSPS) is 16.2. The van der Waals surface area contributed by atoms with E-state index < -0.39 is 8.07 Å². The molecule has 3 heteroatoms. The standard InChI is InChI=1S/C21H29NOSi/c23-19-24(20-11-4-1-5-12-20,21-13-6-2-7-14-21)18-10-17-22-15-8-3-9-16-22/h1-2,4-7,11-14,23H,3,8-10,15-19H2. The van der Waals surface area contributed by atoms with Gasteiger partial charge in [0.2, 0.25) is 0 Å². The van der Waals surface area contributed by atoms with Gasteiger partial charge in [0.25, 0.3) is 0 Å². The molecule has 0 saturated carbocycles. The summed E-state index contributed by atoms with van der Waals surface area (Å²) in [4.78, 5) is 2.61. The van der Waals surface area contributed by atoms with Crippen LogP contribution < -0.4 is 10.4 Å². The fourth-order valence-electron chi connectivity index (χ4n) is 4.02. The molecule has 0 atom stereocenters. The minimum atomic E-state index is -2.08. The highest BCUT2D eigenvalue weighted by molar-refractivity contribution is 7.02. The molecule has 1 saturated heterocycles. The van der Waals surface area contributed by atoms with Gasteiger partial charge in [-0.3, -0.25) is 0 Å². The Bertz CT molecular complexity index is 556. The summed E-state index contributed by atoms with van der Waals surface area (Å²) < 4.78 is 0. The average Bonchev–Trinajstić information content (AvgIpc) is 2.68. The third-order valence-corrected chi connectivity index (χ3v) is 10.1. The van der Waals surface area contributed by atoms with Crippen LogP contribution in [0.1, 0.15) is 25.7 Å². The van der Waals surface area contributed by atoms with Crippen molar-refractivity contribution >= 4 is 18.4 Å². The van der Waals surface area contributed by atoms with Crippen molar-refractivity contribution in [2.75, 3.05) is 25.9 Å². The lowest BCUT2D eigenvalue weighted by molar-refractivity contribution is 0.229. The van der Waals surface area contributed by atoms with Crippen molar-refractivity contribution in [2.45, 2.75) is 31.7 Å². The molecular formula is C21H29NOSi. The Labute approximate surface area is 147 Å². The van der Waals surface area contributed by atoms with E-state index in [1.54, 1.807) is 0 Å². The topological polar surface area (TPSA) is 23.5 Å². The van der Waals surface area contributed by atoms with Crippen molar-refractivity contribution in [3.05, 3.63) is 60.7 Å². The third-order valence-electron chi connectivity index (χ3n) is 5.45. The van der Waals surface area contributed by atoms with Gasteiger partial charge in [0.15, 0.2) is 0 Å². The number of aliphatic hydroxyl groups is 1. The van der Waals surface area contributed by atoms with Crippen molar-refractivity contribution in [1.29, 1.82) is 0 Å². The van der Waals surface area contributed by atoms with Crippen LogP contribution in [0.3, 0.4) is 0 Å². The Morgan fingerprint density at radius 2 is 1.33 bits per heavy atom. The number of nitrogens with zero attached hydrogens (tertiary/aromatic N) is 1. The summed E-state index contributed by atoms with van der Waals surface area (Å²) in [5.74, 6) is 0. The van der Waals surface area contributed by atoms with Crippen LogP contribution >= 0.6 is 0 Å². The molecule has 3 rings (SSSR count). The molecule has 128 valence electrons. The molecule has 0 spiro atoms. The van der Waals surface area contributed by atoms with Crippen molar-refractivity contribution in [2.24, 2.45) is 0 Å². The molecule has 24 heavy (non-hydrogen) atoms. The monoisotopic (exact) mass is 339 g/mol. The first kappa shape index (κ1) is 17.4. The minimum Gasteiger partial charge on any atom is -0.399 e. The van der Waals surface area contributed by atoms with Gasteiger partial charge in [0.05, 0.1) is 0 Å². The van der Waals surface area contributed by atoms with Crippen LogP contribution in [0.5, 0.6) is 0 Å².